The number of rotatable bonds is 2. The van der Waals surface area contributed by atoms with E-state index in [9.17, 15) is 0 Å². The highest BCUT2D eigenvalue weighted by Gasteiger charge is 1.91. The van der Waals surface area contributed by atoms with Crippen LogP contribution in [-0.4, -0.2) is 10.3 Å². The molecule has 0 amide bonds. The van der Waals surface area contributed by atoms with E-state index in [1.165, 1.54) is 11.3 Å². The first-order valence-electron chi connectivity index (χ1n) is 2.76. The van der Waals surface area contributed by atoms with Gasteiger partial charge in [0.05, 0.1) is 0 Å². The fourth-order valence-electron chi connectivity index (χ4n) is 0.538. The number of anilines is 1. The second-order valence-electron chi connectivity index (χ2n) is 1.66. The number of nitrogens with zero attached hydrogens (tertiary/aromatic N) is 1. The standard InChI is InChI=1S/C6H7BrN2S/c7-3-1-2-5-4-9-6(8)10-5/h1-2,4H,3H2,(H2,8,9). The molecule has 1 heterocycles. The molecule has 0 saturated carbocycles. The third-order valence-corrected chi connectivity index (χ3v) is 2.08. The van der Waals surface area contributed by atoms with Crippen LogP contribution in [0.2, 0.25) is 0 Å². The van der Waals surface area contributed by atoms with Gasteiger partial charge in [0.2, 0.25) is 0 Å². The molecular weight excluding hydrogens is 212 g/mol. The van der Waals surface area contributed by atoms with Crippen molar-refractivity contribution < 1.29 is 0 Å². The smallest absolute Gasteiger partial charge is 0.180 e. The van der Waals surface area contributed by atoms with Gasteiger partial charge >= 0.3 is 0 Å². The van der Waals surface area contributed by atoms with Crippen molar-refractivity contribution in [2.24, 2.45) is 0 Å². The number of aromatic nitrogens is 1. The Morgan fingerprint density at radius 1 is 1.80 bits per heavy atom. The van der Waals surface area contributed by atoms with Gasteiger partial charge in [-0.05, 0) is 6.08 Å². The first kappa shape index (κ1) is 7.75. The summed E-state index contributed by atoms with van der Waals surface area (Å²) in [5, 5.41) is 1.49. The lowest BCUT2D eigenvalue weighted by molar-refractivity contribution is 1.42. The third-order valence-electron chi connectivity index (χ3n) is 0.913. The van der Waals surface area contributed by atoms with Crippen LogP contribution < -0.4 is 5.73 Å². The summed E-state index contributed by atoms with van der Waals surface area (Å²) < 4.78 is 0. The normalized spacial score (nSPS) is 10.9. The third kappa shape index (κ3) is 2.11. The number of thiazole rings is 1. The maximum Gasteiger partial charge on any atom is 0.180 e. The molecule has 0 atom stereocenters. The van der Waals surface area contributed by atoms with Gasteiger partial charge in [-0.2, -0.15) is 0 Å². The highest BCUT2D eigenvalue weighted by atomic mass is 79.9. The van der Waals surface area contributed by atoms with Crippen LogP contribution in [0.1, 0.15) is 4.88 Å². The fraction of sp³-hybridized carbons (Fsp3) is 0.167. The molecule has 2 N–H and O–H groups in total. The van der Waals surface area contributed by atoms with Crippen molar-refractivity contribution in [2.45, 2.75) is 0 Å². The Hall–Kier alpha value is -0.350. The zero-order chi connectivity index (χ0) is 7.40. The monoisotopic (exact) mass is 218 g/mol. The number of alkyl halides is 1. The summed E-state index contributed by atoms with van der Waals surface area (Å²) in [4.78, 5) is 4.99. The van der Waals surface area contributed by atoms with Crippen molar-refractivity contribution in [1.29, 1.82) is 0 Å². The van der Waals surface area contributed by atoms with Crippen LogP contribution in [0.4, 0.5) is 5.13 Å². The maximum absolute atomic E-state index is 5.41. The number of allylic oxidation sites excluding steroid dienone is 1. The Balaban J connectivity index is 2.67. The number of hydrogen-bond donors (Lipinski definition) is 1. The lowest BCUT2D eigenvalue weighted by atomic mass is 10.5. The zero-order valence-electron chi connectivity index (χ0n) is 5.25. The molecule has 4 heteroatoms. The molecule has 10 heavy (non-hydrogen) atoms. The average Bonchev–Trinajstić information content (AvgIpc) is 2.31. The summed E-state index contributed by atoms with van der Waals surface area (Å²) in [6.45, 7) is 0. The summed E-state index contributed by atoms with van der Waals surface area (Å²) in [6, 6.07) is 0. The van der Waals surface area contributed by atoms with E-state index < -0.39 is 0 Å². The first-order valence-corrected chi connectivity index (χ1v) is 4.70. The maximum atomic E-state index is 5.41. The molecule has 1 aromatic rings. The molecule has 0 aliphatic carbocycles. The van der Waals surface area contributed by atoms with E-state index in [4.69, 9.17) is 5.73 Å². The Labute approximate surface area is 71.9 Å². The van der Waals surface area contributed by atoms with Gasteiger partial charge in [0.1, 0.15) is 0 Å². The number of hydrogen-bond acceptors (Lipinski definition) is 3. The Bertz CT molecular complexity index is 231. The van der Waals surface area contributed by atoms with E-state index >= 15 is 0 Å². The second kappa shape index (κ2) is 3.73. The molecule has 0 fully saturated rings. The average molecular weight is 219 g/mol. The molecule has 0 spiro atoms. The molecule has 2 nitrogen and oxygen atoms in total. The highest BCUT2D eigenvalue weighted by molar-refractivity contribution is 9.09. The van der Waals surface area contributed by atoms with Gasteiger partial charge in [0.15, 0.2) is 5.13 Å². The number of halogens is 1. The second-order valence-corrected chi connectivity index (χ2v) is 3.40. The Morgan fingerprint density at radius 3 is 3.10 bits per heavy atom. The largest absolute Gasteiger partial charge is 0.375 e. The minimum absolute atomic E-state index is 0.620. The minimum Gasteiger partial charge on any atom is -0.375 e. The van der Waals surface area contributed by atoms with E-state index in [-0.39, 0.29) is 0 Å². The molecule has 0 unspecified atom stereocenters. The van der Waals surface area contributed by atoms with Gasteiger partial charge in [-0.3, -0.25) is 0 Å². The van der Waals surface area contributed by atoms with Gasteiger partial charge < -0.3 is 5.73 Å². The van der Waals surface area contributed by atoms with E-state index in [0.717, 1.165) is 10.2 Å². The van der Waals surface area contributed by atoms with Gasteiger partial charge in [-0.25, -0.2) is 4.98 Å². The van der Waals surface area contributed by atoms with E-state index in [0.29, 0.717) is 5.13 Å². The predicted molar refractivity (Wildman–Crippen MR) is 49.4 cm³/mol. The Kier molecular flexibility index (Phi) is 2.89. The summed E-state index contributed by atoms with van der Waals surface area (Å²) in [6.07, 6.45) is 5.76. The number of nitrogens with two attached hydrogens (primary N) is 1. The van der Waals surface area contributed by atoms with Gasteiger partial charge in [0, 0.05) is 16.4 Å². The molecule has 1 rings (SSSR count). The zero-order valence-corrected chi connectivity index (χ0v) is 7.65. The van der Waals surface area contributed by atoms with E-state index in [1.54, 1.807) is 6.20 Å². The quantitative estimate of drug-likeness (QED) is 0.774. The molecule has 0 aromatic carbocycles. The summed E-state index contributed by atoms with van der Waals surface area (Å²) in [5.74, 6) is 0. The predicted octanol–water partition coefficient (Wildman–Crippen LogP) is 2.13. The Morgan fingerprint density at radius 2 is 2.60 bits per heavy atom. The molecule has 0 saturated heterocycles. The van der Waals surface area contributed by atoms with Crippen LogP contribution in [-0.2, 0) is 0 Å². The van der Waals surface area contributed by atoms with Crippen LogP contribution in [0.15, 0.2) is 12.3 Å². The van der Waals surface area contributed by atoms with E-state index in [2.05, 4.69) is 20.9 Å². The van der Waals surface area contributed by atoms with Crippen molar-refractivity contribution in [1.82, 2.24) is 4.98 Å². The molecule has 0 aliphatic rings. The summed E-state index contributed by atoms with van der Waals surface area (Å²) >= 11 is 4.77. The molecule has 0 radical (unpaired) electrons. The van der Waals surface area contributed by atoms with Crippen LogP contribution in [0, 0.1) is 0 Å². The van der Waals surface area contributed by atoms with Crippen molar-refractivity contribution in [3.63, 3.8) is 0 Å². The topological polar surface area (TPSA) is 38.9 Å². The van der Waals surface area contributed by atoms with Crippen LogP contribution in [0.3, 0.4) is 0 Å². The summed E-state index contributed by atoms with van der Waals surface area (Å²) in [5.41, 5.74) is 5.41. The van der Waals surface area contributed by atoms with Crippen LogP contribution in [0.5, 0.6) is 0 Å². The minimum atomic E-state index is 0.620. The van der Waals surface area contributed by atoms with E-state index in [1.807, 2.05) is 12.2 Å². The van der Waals surface area contributed by atoms with Crippen molar-refractivity contribution >= 4 is 38.5 Å². The van der Waals surface area contributed by atoms with Gasteiger partial charge in [-0.15, -0.1) is 0 Å². The number of nitrogen functional groups attached to an aromatic ring is 1. The van der Waals surface area contributed by atoms with Crippen LogP contribution >= 0.6 is 27.3 Å². The molecule has 0 bridgehead atoms. The lowest BCUT2D eigenvalue weighted by Gasteiger charge is -1.77. The SMILES string of the molecule is Nc1ncc(C=CCBr)s1. The molecule has 54 valence electrons. The summed E-state index contributed by atoms with van der Waals surface area (Å²) in [7, 11) is 0. The van der Waals surface area contributed by atoms with Crippen molar-refractivity contribution in [2.75, 3.05) is 11.1 Å². The van der Waals surface area contributed by atoms with Gasteiger partial charge in [0.25, 0.3) is 0 Å². The molecule has 1 aromatic heterocycles. The van der Waals surface area contributed by atoms with Crippen molar-refractivity contribution in [3.05, 3.63) is 17.2 Å². The highest BCUT2D eigenvalue weighted by Crippen LogP contribution is 2.15. The van der Waals surface area contributed by atoms with Crippen molar-refractivity contribution in [3.8, 4) is 0 Å². The van der Waals surface area contributed by atoms with Gasteiger partial charge in [-0.1, -0.05) is 33.3 Å². The fourth-order valence-corrected chi connectivity index (χ4v) is 1.34. The molecule has 0 aliphatic heterocycles. The first-order chi connectivity index (χ1) is 4.83. The molecular formula is C6H7BrN2S. The lowest BCUT2D eigenvalue weighted by Crippen LogP contribution is -1.77. The van der Waals surface area contributed by atoms with Crippen LogP contribution in [0.25, 0.3) is 6.08 Å².